The number of amides is 2. The van der Waals surface area contributed by atoms with Crippen LogP contribution < -0.4 is 10.6 Å². The molecule has 0 radical (unpaired) electrons. The first-order chi connectivity index (χ1) is 12.0. The number of likely N-dealkylation sites (tertiary alicyclic amines) is 1. The lowest BCUT2D eigenvalue weighted by Gasteiger charge is -2.39. The van der Waals surface area contributed by atoms with Gasteiger partial charge in [-0.05, 0) is 56.7 Å². The maximum absolute atomic E-state index is 13.0. The topological polar surface area (TPSA) is 66.6 Å². The Morgan fingerprint density at radius 1 is 1.28 bits per heavy atom. The lowest BCUT2D eigenvalue weighted by molar-refractivity contribution is -0.139. The number of rotatable bonds is 4. The fourth-order valence-electron chi connectivity index (χ4n) is 3.90. The van der Waals surface area contributed by atoms with Gasteiger partial charge in [0.25, 0.3) is 0 Å². The van der Waals surface area contributed by atoms with E-state index in [2.05, 4.69) is 0 Å². The molecule has 25 heavy (non-hydrogen) atoms. The van der Waals surface area contributed by atoms with Crippen molar-refractivity contribution in [3.63, 3.8) is 0 Å². The van der Waals surface area contributed by atoms with Gasteiger partial charge in [-0.2, -0.15) is 0 Å². The molecule has 0 saturated carbocycles. The molecule has 5 nitrogen and oxygen atoms in total. The second-order valence-electron chi connectivity index (χ2n) is 7.06. The van der Waals surface area contributed by atoms with E-state index in [-0.39, 0.29) is 29.8 Å². The number of hydrogen-bond donors (Lipinski definition) is 1. The highest BCUT2D eigenvalue weighted by Crippen LogP contribution is 2.30. The zero-order valence-electron chi connectivity index (χ0n) is 15.0. The second-order valence-corrected chi connectivity index (χ2v) is 7.94. The minimum atomic E-state index is -0.257. The smallest absolute Gasteiger partial charge is 0.228 e. The van der Waals surface area contributed by atoms with Gasteiger partial charge in [0.05, 0.1) is 5.92 Å². The summed E-state index contributed by atoms with van der Waals surface area (Å²) in [6.07, 6.45) is 5.43. The fraction of sp³-hybridized carbons (Fsp3) is 0.579. The van der Waals surface area contributed by atoms with E-state index in [1.807, 2.05) is 42.3 Å². The molecule has 3 rings (SSSR count). The molecule has 1 aromatic rings. The van der Waals surface area contributed by atoms with Crippen LogP contribution in [0.15, 0.2) is 29.2 Å². The van der Waals surface area contributed by atoms with E-state index in [0.717, 1.165) is 36.4 Å². The van der Waals surface area contributed by atoms with Crippen LogP contribution in [0.2, 0.25) is 0 Å². The quantitative estimate of drug-likeness (QED) is 0.837. The van der Waals surface area contributed by atoms with Crippen LogP contribution in [-0.4, -0.2) is 48.1 Å². The van der Waals surface area contributed by atoms with Crippen LogP contribution in [0, 0.1) is 5.92 Å². The molecule has 6 heteroatoms. The Kier molecular flexibility index (Phi) is 5.69. The first kappa shape index (κ1) is 18.3. The lowest BCUT2D eigenvalue weighted by atomic mass is 9.94. The minimum absolute atomic E-state index is 0.0310. The standard InChI is InChI=1S/C19H27N3O2S/c1-13(20)17-5-3-4-10-21(17)19(24)14-11-18(23)22(12-14)15-6-8-16(25-2)9-7-15/h6-9,13-14,17H,3-5,10-12,20H2,1-2H3. The third-order valence-electron chi connectivity index (χ3n) is 5.30. The van der Waals surface area contributed by atoms with Crippen molar-refractivity contribution in [2.45, 2.75) is 49.6 Å². The van der Waals surface area contributed by atoms with Gasteiger partial charge in [-0.25, -0.2) is 0 Å². The normalized spacial score (nSPS) is 25.3. The third kappa shape index (κ3) is 3.85. The van der Waals surface area contributed by atoms with Crippen molar-refractivity contribution in [2.24, 2.45) is 11.7 Å². The van der Waals surface area contributed by atoms with E-state index in [1.165, 1.54) is 0 Å². The second kappa shape index (κ2) is 7.79. The van der Waals surface area contributed by atoms with Crippen molar-refractivity contribution in [1.82, 2.24) is 4.90 Å². The van der Waals surface area contributed by atoms with Crippen molar-refractivity contribution < 1.29 is 9.59 Å². The monoisotopic (exact) mass is 361 g/mol. The van der Waals surface area contributed by atoms with Gasteiger partial charge >= 0.3 is 0 Å². The third-order valence-corrected chi connectivity index (χ3v) is 6.04. The van der Waals surface area contributed by atoms with Crippen LogP contribution in [0.25, 0.3) is 0 Å². The molecular formula is C19H27N3O2S. The molecule has 3 unspecified atom stereocenters. The number of nitrogens with two attached hydrogens (primary N) is 1. The average molecular weight is 362 g/mol. The predicted molar refractivity (Wildman–Crippen MR) is 102 cm³/mol. The Bertz CT molecular complexity index is 632. The van der Waals surface area contributed by atoms with Gasteiger partial charge in [0.2, 0.25) is 11.8 Å². The summed E-state index contributed by atoms with van der Waals surface area (Å²) in [7, 11) is 0. The number of piperidine rings is 1. The molecule has 2 heterocycles. The summed E-state index contributed by atoms with van der Waals surface area (Å²) in [6, 6.07) is 8.02. The summed E-state index contributed by atoms with van der Waals surface area (Å²) < 4.78 is 0. The van der Waals surface area contributed by atoms with Crippen molar-refractivity contribution in [3.05, 3.63) is 24.3 Å². The Morgan fingerprint density at radius 3 is 2.64 bits per heavy atom. The molecular weight excluding hydrogens is 334 g/mol. The van der Waals surface area contributed by atoms with Gasteiger partial charge in [-0.1, -0.05) is 0 Å². The molecule has 136 valence electrons. The van der Waals surface area contributed by atoms with E-state index < -0.39 is 0 Å². The van der Waals surface area contributed by atoms with Crippen molar-refractivity contribution >= 4 is 29.3 Å². The van der Waals surface area contributed by atoms with Gasteiger partial charge in [-0.15, -0.1) is 11.8 Å². The molecule has 3 atom stereocenters. The molecule has 2 aliphatic heterocycles. The predicted octanol–water partition coefficient (Wildman–Crippen LogP) is 2.49. The van der Waals surface area contributed by atoms with Crippen molar-refractivity contribution in [3.8, 4) is 0 Å². The van der Waals surface area contributed by atoms with Gasteiger partial charge in [0, 0.05) is 42.2 Å². The molecule has 0 bridgehead atoms. The summed E-state index contributed by atoms with van der Waals surface area (Å²) >= 11 is 1.67. The van der Waals surface area contributed by atoms with E-state index in [0.29, 0.717) is 13.0 Å². The minimum Gasteiger partial charge on any atom is -0.338 e. The molecule has 0 aliphatic carbocycles. The molecule has 0 aromatic heterocycles. The summed E-state index contributed by atoms with van der Waals surface area (Å²) in [5, 5.41) is 0. The average Bonchev–Trinajstić information content (AvgIpc) is 3.03. The van der Waals surface area contributed by atoms with Gasteiger partial charge < -0.3 is 15.5 Å². The molecule has 0 spiro atoms. The molecule has 2 fully saturated rings. The number of anilines is 1. The highest BCUT2D eigenvalue weighted by atomic mass is 32.2. The van der Waals surface area contributed by atoms with Gasteiger partial charge in [0.15, 0.2) is 0 Å². The highest BCUT2D eigenvalue weighted by Gasteiger charge is 2.40. The van der Waals surface area contributed by atoms with Crippen LogP contribution in [0.3, 0.4) is 0 Å². The first-order valence-corrected chi connectivity index (χ1v) is 10.2. The Balaban J connectivity index is 1.71. The molecule has 1 aromatic carbocycles. The number of benzene rings is 1. The van der Waals surface area contributed by atoms with Crippen LogP contribution in [0.4, 0.5) is 5.69 Å². The van der Waals surface area contributed by atoms with Gasteiger partial charge in [-0.3, -0.25) is 9.59 Å². The van der Waals surface area contributed by atoms with E-state index in [1.54, 1.807) is 16.7 Å². The fourth-order valence-corrected chi connectivity index (χ4v) is 4.31. The van der Waals surface area contributed by atoms with Crippen molar-refractivity contribution in [2.75, 3.05) is 24.2 Å². The largest absolute Gasteiger partial charge is 0.338 e. The Labute approximate surface area is 153 Å². The highest BCUT2D eigenvalue weighted by molar-refractivity contribution is 7.98. The zero-order valence-corrected chi connectivity index (χ0v) is 15.8. The maximum Gasteiger partial charge on any atom is 0.228 e. The molecule has 2 saturated heterocycles. The number of carbonyl (C=O) groups excluding carboxylic acids is 2. The van der Waals surface area contributed by atoms with E-state index in [9.17, 15) is 9.59 Å². The van der Waals surface area contributed by atoms with Crippen molar-refractivity contribution in [1.29, 1.82) is 0 Å². The lowest BCUT2D eigenvalue weighted by Crippen LogP contribution is -2.53. The van der Waals surface area contributed by atoms with Crippen LogP contribution in [0.1, 0.15) is 32.6 Å². The van der Waals surface area contributed by atoms with E-state index >= 15 is 0 Å². The van der Waals surface area contributed by atoms with Crippen LogP contribution in [0.5, 0.6) is 0 Å². The molecule has 2 aliphatic rings. The number of carbonyl (C=O) groups is 2. The molecule has 2 N–H and O–H groups in total. The van der Waals surface area contributed by atoms with Crippen LogP contribution >= 0.6 is 11.8 Å². The Hall–Kier alpha value is -1.53. The van der Waals surface area contributed by atoms with Gasteiger partial charge in [0.1, 0.15) is 0 Å². The summed E-state index contributed by atoms with van der Waals surface area (Å²) in [6.45, 7) is 3.20. The summed E-state index contributed by atoms with van der Waals surface area (Å²) in [5.74, 6) is -0.129. The SMILES string of the molecule is CSc1ccc(N2CC(C(=O)N3CCCCC3C(C)N)CC2=O)cc1. The zero-order chi connectivity index (χ0) is 18.0. The maximum atomic E-state index is 13.0. The van der Waals surface area contributed by atoms with Crippen LogP contribution in [-0.2, 0) is 9.59 Å². The number of nitrogens with zero attached hydrogens (tertiary/aromatic N) is 2. The number of thioether (sulfide) groups is 1. The summed E-state index contributed by atoms with van der Waals surface area (Å²) in [4.78, 5) is 30.3. The number of hydrogen-bond acceptors (Lipinski definition) is 4. The Morgan fingerprint density at radius 2 is 2.00 bits per heavy atom. The van der Waals surface area contributed by atoms with E-state index in [4.69, 9.17) is 5.73 Å². The molecule has 2 amide bonds. The summed E-state index contributed by atoms with van der Waals surface area (Å²) in [5.41, 5.74) is 6.97. The first-order valence-electron chi connectivity index (χ1n) is 9.01.